The highest BCUT2D eigenvalue weighted by Gasteiger charge is 2.31. The Morgan fingerprint density at radius 1 is 1.10 bits per heavy atom. The Labute approximate surface area is 179 Å². The Bertz CT molecular complexity index is 1020. The van der Waals surface area contributed by atoms with Crippen molar-refractivity contribution in [3.05, 3.63) is 59.1 Å². The van der Waals surface area contributed by atoms with Crippen LogP contribution < -0.4 is 15.4 Å². The third kappa shape index (κ3) is 6.33. The normalized spacial score (nSPS) is 12.3. The van der Waals surface area contributed by atoms with E-state index in [1.807, 2.05) is 24.3 Å². The molecule has 3 aromatic rings. The number of anilines is 3. The molecule has 10 heteroatoms. The van der Waals surface area contributed by atoms with Crippen molar-refractivity contribution in [3.63, 3.8) is 0 Å². The van der Waals surface area contributed by atoms with Gasteiger partial charge in [0.15, 0.2) is 0 Å². The molecule has 0 saturated heterocycles. The van der Waals surface area contributed by atoms with E-state index < -0.39 is 6.36 Å². The van der Waals surface area contributed by atoms with Gasteiger partial charge in [-0.25, -0.2) is 4.98 Å². The molecule has 1 atom stereocenters. The van der Waals surface area contributed by atoms with Gasteiger partial charge in [-0.3, -0.25) is 0 Å². The molecule has 30 heavy (non-hydrogen) atoms. The zero-order valence-electron chi connectivity index (χ0n) is 15.7. The van der Waals surface area contributed by atoms with Gasteiger partial charge in [0.2, 0.25) is 5.95 Å². The van der Waals surface area contributed by atoms with Gasteiger partial charge < -0.3 is 20.5 Å². The van der Waals surface area contributed by atoms with Crippen LogP contribution in [0.2, 0.25) is 0 Å². The molecule has 3 rings (SSSR count). The molecular formula is C20H18BrF3N4O2. The molecule has 0 unspecified atom stereocenters. The number of alkyl halides is 3. The second kappa shape index (κ2) is 9.31. The summed E-state index contributed by atoms with van der Waals surface area (Å²) in [5.41, 5.74) is 1.54. The van der Waals surface area contributed by atoms with Crippen LogP contribution in [0, 0.1) is 0 Å². The van der Waals surface area contributed by atoms with Crippen molar-refractivity contribution in [3.8, 4) is 17.0 Å². The molecule has 0 bridgehead atoms. The minimum atomic E-state index is -4.79. The fraction of sp³-hybridized carbons (Fsp3) is 0.200. The number of aliphatic hydroxyl groups excluding tert-OH is 1. The van der Waals surface area contributed by atoms with Crippen molar-refractivity contribution in [1.82, 2.24) is 9.97 Å². The monoisotopic (exact) mass is 482 g/mol. The summed E-state index contributed by atoms with van der Waals surface area (Å²) in [4.78, 5) is 8.75. The Morgan fingerprint density at radius 3 is 2.57 bits per heavy atom. The second-order valence-corrected chi connectivity index (χ2v) is 7.32. The van der Waals surface area contributed by atoms with E-state index in [0.29, 0.717) is 17.1 Å². The standard InChI is InChI=1S/C20H18BrF3N4O2/c1-12(11-29)25-19-27-17(13-4-2-7-16(8-13)30-20(22,23)24)10-18(28-19)26-15-6-3-5-14(21)9-15/h2-10,12,29H,11H2,1H3,(H2,25,26,27,28)/t12-/m0/s1. The van der Waals surface area contributed by atoms with Gasteiger partial charge in [-0.2, -0.15) is 4.98 Å². The highest BCUT2D eigenvalue weighted by atomic mass is 79.9. The first-order chi connectivity index (χ1) is 14.2. The lowest BCUT2D eigenvalue weighted by Gasteiger charge is -2.15. The average Bonchev–Trinajstić information content (AvgIpc) is 2.66. The Hall–Kier alpha value is -2.85. The lowest BCUT2D eigenvalue weighted by atomic mass is 10.1. The van der Waals surface area contributed by atoms with Crippen LogP contribution in [0.1, 0.15) is 6.92 Å². The van der Waals surface area contributed by atoms with Gasteiger partial charge in [-0.1, -0.05) is 34.1 Å². The van der Waals surface area contributed by atoms with Gasteiger partial charge in [0.25, 0.3) is 0 Å². The Morgan fingerprint density at radius 2 is 1.87 bits per heavy atom. The van der Waals surface area contributed by atoms with Crippen LogP contribution in [0.25, 0.3) is 11.3 Å². The minimum Gasteiger partial charge on any atom is -0.406 e. The summed E-state index contributed by atoms with van der Waals surface area (Å²) in [5, 5.41) is 15.4. The maximum Gasteiger partial charge on any atom is 0.573 e. The van der Waals surface area contributed by atoms with Gasteiger partial charge >= 0.3 is 6.36 Å². The lowest BCUT2D eigenvalue weighted by Crippen LogP contribution is -2.21. The first-order valence-electron chi connectivity index (χ1n) is 8.87. The van der Waals surface area contributed by atoms with Gasteiger partial charge in [0.05, 0.1) is 12.3 Å². The van der Waals surface area contributed by atoms with Crippen LogP contribution >= 0.6 is 15.9 Å². The molecule has 0 aliphatic heterocycles. The molecule has 0 aliphatic rings. The van der Waals surface area contributed by atoms with E-state index in [-0.39, 0.29) is 24.3 Å². The summed E-state index contributed by atoms with van der Waals surface area (Å²) >= 11 is 3.40. The summed E-state index contributed by atoms with van der Waals surface area (Å²) in [5.74, 6) is 0.292. The van der Waals surface area contributed by atoms with E-state index in [1.165, 1.54) is 18.2 Å². The number of halogens is 4. The molecule has 158 valence electrons. The minimum absolute atomic E-state index is 0.142. The molecule has 2 aromatic carbocycles. The number of rotatable bonds is 7. The van der Waals surface area contributed by atoms with Gasteiger partial charge in [0, 0.05) is 27.8 Å². The molecule has 1 aromatic heterocycles. The van der Waals surface area contributed by atoms with E-state index >= 15 is 0 Å². The molecule has 1 heterocycles. The van der Waals surface area contributed by atoms with E-state index in [4.69, 9.17) is 0 Å². The summed E-state index contributed by atoms with van der Waals surface area (Å²) < 4.78 is 42.6. The van der Waals surface area contributed by atoms with Crippen molar-refractivity contribution in [2.45, 2.75) is 19.3 Å². The summed E-state index contributed by atoms with van der Waals surface area (Å²) in [6.07, 6.45) is -4.79. The van der Waals surface area contributed by atoms with Crippen LogP contribution in [-0.4, -0.2) is 34.1 Å². The number of ether oxygens (including phenoxy) is 1. The average molecular weight is 483 g/mol. The molecule has 0 spiro atoms. The summed E-state index contributed by atoms with van der Waals surface area (Å²) in [6.45, 7) is 1.60. The van der Waals surface area contributed by atoms with Crippen LogP contribution in [0.15, 0.2) is 59.1 Å². The fourth-order valence-corrected chi connectivity index (χ4v) is 2.96. The summed E-state index contributed by atoms with van der Waals surface area (Å²) in [6, 6.07) is 14.2. The van der Waals surface area contributed by atoms with E-state index in [0.717, 1.165) is 10.2 Å². The second-order valence-electron chi connectivity index (χ2n) is 6.40. The highest BCUT2D eigenvalue weighted by molar-refractivity contribution is 9.10. The van der Waals surface area contributed by atoms with E-state index in [2.05, 4.69) is 41.3 Å². The number of aliphatic hydroxyl groups is 1. The topological polar surface area (TPSA) is 79.3 Å². The predicted molar refractivity (Wildman–Crippen MR) is 112 cm³/mol. The SMILES string of the molecule is C[C@@H](CO)Nc1nc(Nc2cccc(Br)c2)cc(-c2cccc(OC(F)(F)F)c2)n1. The van der Waals surface area contributed by atoms with Crippen molar-refractivity contribution in [1.29, 1.82) is 0 Å². The Balaban J connectivity index is 1.98. The summed E-state index contributed by atoms with van der Waals surface area (Å²) in [7, 11) is 0. The number of hydrogen-bond acceptors (Lipinski definition) is 6. The largest absolute Gasteiger partial charge is 0.573 e. The number of hydrogen-bond donors (Lipinski definition) is 3. The third-order valence-electron chi connectivity index (χ3n) is 3.84. The highest BCUT2D eigenvalue weighted by Crippen LogP contribution is 2.29. The van der Waals surface area contributed by atoms with Crippen molar-refractivity contribution in [2.24, 2.45) is 0 Å². The van der Waals surface area contributed by atoms with Crippen LogP contribution in [0.3, 0.4) is 0 Å². The van der Waals surface area contributed by atoms with E-state index in [9.17, 15) is 18.3 Å². The quantitative estimate of drug-likeness (QED) is 0.421. The fourth-order valence-electron chi connectivity index (χ4n) is 2.56. The molecule has 0 aliphatic carbocycles. The number of nitrogens with one attached hydrogen (secondary N) is 2. The molecule has 0 radical (unpaired) electrons. The van der Waals surface area contributed by atoms with Crippen LogP contribution in [0.4, 0.5) is 30.6 Å². The molecule has 0 saturated carbocycles. The number of nitrogens with zero attached hydrogens (tertiary/aromatic N) is 2. The van der Waals surface area contributed by atoms with E-state index in [1.54, 1.807) is 19.1 Å². The number of benzene rings is 2. The van der Waals surface area contributed by atoms with Gasteiger partial charge in [-0.15, -0.1) is 13.2 Å². The van der Waals surface area contributed by atoms with Gasteiger partial charge in [-0.05, 0) is 37.3 Å². The molecular weight excluding hydrogens is 465 g/mol. The van der Waals surface area contributed by atoms with Crippen molar-refractivity contribution < 1.29 is 23.0 Å². The first kappa shape index (κ1) is 21.8. The molecule has 6 nitrogen and oxygen atoms in total. The zero-order chi connectivity index (χ0) is 21.7. The molecule has 3 N–H and O–H groups in total. The number of aromatic nitrogens is 2. The van der Waals surface area contributed by atoms with Gasteiger partial charge in [0.1, 0.15) is 11.6 Å². The lowest BCUT2D eigenvalue weighted by molar-refractivity contribution is -0.274. The molecule has 0 fully saturated rings. The smallest absolute Gasteiger partial charge is 0.406 e. The maximum absolute atomic E-state index is 12.6. The van der Waals surface area contributed by atoms with Crippen molar-refractivity contribution >= 4 is 33.4 Å². The Kier molecular flexibility index (Phi) is 6.78. The zero-order valence-corrected chi connectivity index (χ0v) is 17.3. The predicted octanol–water partition coefficient (Wildman–Crippen LogP) is 5.34. The molecule has 0 amide bonds. The third-order valence-corrected chi connectivity index (χ3v) is 4.33. The first-order valence-corrected chi connectivity index (χ1v) is 9.66. The van der Waals surface area contributed by atoms with Crippen LogP contribution in [0.5, 0.6) is 5.75 Å². The van der Waals surface area contributed by atoms with Crippen LogP contribution in [-0.2, 0) is 0 Å². The maximum atomic E-state index is 12.6. The van der Waals surface area contributed by atoms with Crippen molar-refractivity contribution in [2.75, 3.05) is 17.2 Å².